The maximum absolute atomic E-state index is 11.9. The number of carbonyl (C=O) groups excluding carboxylic acids is 1. The minimum atomic E-state index is -0.748. The normalized spacial score (nSPS) is 20.4. The number of aliphatic carboxylic acids is 1. The lowest BCUT2D eigenvalue weighted by atomic mass is 9.79. The quantitative estimate of drug-likeness (QED) is 0.701. The third kappa shape index (κ3) is 5.71. The Morgan fingerprint density at radius 1 is 1.25 bits per heavy atom. The highest BCUT2D eigenvalue weighted by Crippen LogP contribution is 2.29. The highest BCUT2D eigenvalue weighted by molar-refractivity contribution is 6.32. The standard InChI is InChI=1S/C18H24ClNO4/c19-15-8-3-4-9-16(15)24-11-5-10-17(21)20-12-13-6-1-2-7-14(13)18(22)23/h3-4,8-9,13-14H,1-2,5-7,10-12H2,(H,20,21)(H,22,23)/t13-,14-/m0/s1. The largest absolute Gasteiger partial charge is 0.492 e. The molecule has 0 heterocycles. The molecule has 0 spiro atoms. The molecule has 2 rings (SSSR count). The van der Waals surface area contributed by atoms with Crippen LogP contribution in [0.25, 0.3) is 0 Å². The van der Waals surface area contributed by atoms with E-state index in [1.165, 1.54) is 0 Å². The number of nitrogens with one attached hydrogen (secondary N) is 1. The molecule has 24 heavy (non-hydrogen) atoms. The number of hydrogen-bond donors (Lipinski definition) is 2. The Labute approximate surface area is 147 Å². The first-order valence-corrected chi connectivity index (χ1v) is 8.82. The smallest absolute Gasteiger partial charge is 0.306 e. The van der Waals surface area contributed by atoms with Crippen LogP contribution < -0.4 is 10.1 Å². The van der Waals surface area contributed by atoms with E-state index in [1.54, 1.807) is 12.1 Å². The van der Waals surface area contributed by atoms with Crippen molar-refractivity contribution in [2.24, 2.45) is 11.8 Å². The number of benzene rings is 1. The lowest BCUT2D eigenvalue weighted by Gasteiger charge is -2.28. The van der Waals surface area contributed by atoms with E-state index in [0.29, 0.717) is 43.2 Å². The summed E-state index contributed by atoms with van der Waals surface area (Å²) in [6, 6.07) is 7.22. The summed E-state index contributed by atoms with van der Waals surface area (Å²) in [7, 11) is 0. The molecule has 6 heteroatoms. The Morgan fingerprint density at radius 3 is 2.75 bits per heavy atom. The number of carboxylic acid groups (broad SMARTS) is 1. The van der Waals surface area contributed by atoms with Crippen LogP contribution in [0.15, 0.2) is 24.3 Å². The van der Waals surface area contributed by atoms with E-state index in [9.17, 15) is 14.7 Å². The van der Waals surface area contributed by atoms with Gasteiger partial charge in [-0.3, -0.25) is 9.59 Å². The molecule has 0 aliphatic heterocycles. The van der Waals surface area contributed by atoms with Crippen LogP contribution in [0.2, 0.25) is 5.02 Å². The molecule has 1 aliphatic carbocycles. The van der Waals surface area contributed by atoms with Crippen LogP contribution in [0, 0.1) is 11.8 Å². The summed E-state index contributed by atoms with van der Waals surface area (Å²) in [6.45, 7) is 0.861. The molecule has 132 valence electrons. The zero-order valence-corrected chi connectivity index (χ0v) is 14.4. The highest BCUT2D eigenvalue weighted by Gasteiger charge is 2.30. The molecular formula is C18H24ClNO4. The minimum Gasteiger partial charge on any atom is -0.492 e. The summed E-state index contributed by atoms with van der Waals surface area (Å²) in [5.74, 6) is -0.483. The molecule has 1 amide bonds. The van der Waals surface area contributed by atoms with Gasteiger partial charge in [-0.25, -0.2) is 0 Å². The second-order valence-electron chi connectivity index (χ2n) is 6.18. The van der Waals surface area contributed by atoms with Gasteiger partial charge in [0.1, 0.15) is 5.75 Å². The van der Waals surface area contributed by atoms with Crippen molar-refractivity contribution in [1.82, 2.24) is 5.32 Å². The summed E-state index contributed by atoms with van der Waals surface area (Å²) in [6.07, 6.45) is 4.52. The zero-order valence-electron chi connectivity index (χ0n) is 13.7. The molecule has 0 radical (unpaired) electrons. The molecule has 0 unspecified atom stereocenters. The predicted octanol–water partition coefficient (Wildman–Crippen LogP) is 3.51. The topological polar surface area (TPSA) is 75.6 Å². The van der Waals surface area contributed by atoms with Crippen molar-refractivity contribution < 1.29 is 19.4 Å². The van der Waals surface area contributed by atoms with Crippen molar-refractivity contribution in [1.29, 1.82) is 0 Å². The van der Waals surface area contributed by atoms with Gasteiger partial charge in [0.05, 0.1) is 17.5 Å². The summed E-state index contributed by atoms with van der Waals surface area (Å²) in [5.41, 5.74) is 0. The fourth-order valence-electron chi connectivity index (χ4n) is 3.09. The summed E-state index contributed by atoms with van der Waals surface area (Å²) in [5, 5.41) is 12.7. The summed E-state index contributed by atoms with van der Waals surface area (Å²) in [4.78, 5) is 23.1. The maximum Gasteiger partial charge on any atom is 0.306 e. The molecule has 2 N–H and O–H groups in total. The Morgan fingerprint density at radius 2 is 2.00 bits per heavy atom. The van der Waals surface area contributed by atoms with Crippen molar-refractivity contribution >= 4 is 23.5 Å². The maximum atomic E-state index is 11.9. The second kappa shape index (κ2) is 9.52. The van der Waals surface area contributed by atoms with Gasteiger partial charge in [-0.15, -0.1) is 0 Å². The molecule has 0 aromatic heterocycles. The third-order valence-electron chi connectivity index (χ3n) is 4.43. The molecule has 0 saturated heterocycles. The average molecular weight is 354 g/mol. The van der Waals surface area contributed by atoms with Crippen LogP contribution >= 0.6 is 11.6 Å². The molecule has 0 bridgehead atoms. The average Bonchev–Trinajstić information content (AvgIpc) is 2.58. The van der Waals surface area contributed by atoms with Crippen molar-refractivity contribution in [2.45, 2.75) is 38.5 Å². The molecule has 1 fully saturated rings. The summed E-state index contributed by atoms with van der Waals surface area (Å²) >= 11 is 5.99. The fourth-order valence-corrected chi connectivity index (χ4v) is 3.28. The molecule has 5 nitrogen and oxygen atoms in total. The number of carbonyl (C=O) groups is 2. The van der Waals surface area contributed by atoms with Crippen LogP contribution in [-0.4, -0.2) is 30.1 Å². The molecule has 1 aliphatic rings. The van der Waals surface area contributed by atoms with Gasteiger partial charge < -0.3 is 15.2 Å². The number of hydrogen-bond acceptors (Lipinski definition) is 3. The van der Waals surface area contributed by atoms with Gasteiger partial charge >= 0.3 is 5.97 Å². The number of amides is 1. The van der Waals surface area contributed by atoms with Gasteiger partial charge in [0.25, 0.3) is 0 Å². The van der Waals surface area contributed by atoms with Crippen molar-refractivity contribution in [3.05, 3.63) is 29.3 Å². The molecule has 1 saturated carbocycles. The van der Waals surface area contributed by atoms with E-state index >= 15 is 0 Å². The number of rotatable bonds is 8. The highest BCUT2D eigenvalue weighted by atomic mass is 35.5. The Hall–Kier alpha value is -1.75. The third-order valence-corrected chi connectivity index (χ3v) is 4.74. The van der Waals surface area contributed by atoms with E-state index in [1.807, 2.05) is 12.1 Å². The Kier molecular flexibility index (Phi) is 7.37. The van der Waals surface area contributed by atoms with E-state index in [-0.39, 0.29) is 17.7 Å². The van der Waals surface area contributed by atoms with Crippen LogP contribution in [0.5, 0.6) is 5.75 Å². The molecular weight excluding hydrogens is 330 g/mol. The number of para-hydroxylation sites is 1. The van der Waals surface area contributed by atoms with E-state index in [0.717, 1.165) is 19.3 Å². The van der Waals surface area contributed by atoms with Crippen molar-refractivity contribution in [3.63, 3.8) is 0 Å². The van der Waals surface area contributed by atoms with Crippen molar-refractivity contribution in [2.75, 3.05) is 13.2 Å². The van der Waals surface area contributed by atoms with Gasteiger partial charge in [-0.1, -0.05) is 36.6 Å². The number of carboxylic acids is 1. The van der Waals surface area contributed by atoms with E-state index in [2.05, 4.69) is 5.32 Å². The predicted molar refractivity (Wildman–Crippen MR) is 92.3 cm³/mol. The second-order valence-corrected chi connectivity index (χ2v) is 6.58. The van der Waals surface area contributed by atoms with E-state index < -0.39 is 5.97 Å². The SMILES string of the molecule is O=C(CCCOc1ccccc1Cl)NC[C@@H]1CCCC[C@@H]1C(=O)O. The first kappa shape index (κ1) is 18.6. The minimum absolute atomic E-state index is 0.0413. The van der Waals surface area contributed by atoms with Crippen LogP contribution in [0.3, 0.4) is 0 Å². The Balaban J connectivity index is 1.64. The van der Waals surface area contributed by atoms with Crippen LogP contribution in [0.4, 0.5) is 0 Å². The van der Waals surface area contributed by atoms with Gasteiger partial charge in [-0.05, 0) is 37.3 Å². The van der Waals surface area contributed by atoms with Gasteiger partial charge in [0, 0.05) is 13.0 Å². The van der Waals surface area contributed by atoms with Gasteiger partial charge in [0.2, 0.25) is 5.91 Å². The van der Waals surface area contributed by atoms with Crippen LogP contribution in [0.1, 0.15) is 38.5 Å². The fraction of sp³-hybridized carbons (Fsp3) is 0.556. The zero-order chi connectivity index (χ0) is 17.4. The molecule has 1 aromatic rings. The van der Waals surface area contributed by atoms with Crippen LogP contribution in [-0.2, 0) is 9.59 Å². The summed E-state index contributed by atoms with van der Waals surface area (Å²) < 4.78 is 5.54. The monoisotopic (exact) mass is 353 g/mol. The number of ether oxygens (including phenoxy) is 1. The van der Waals surface area contributed by atoms with Crippen molar-refractivity contribution in [3.8, 4) is 5.75 Å². The lowest BCUT2D eigenvalue weighted by Crippen LogP contribution is -2.37. The lowest BCUT2D eigenvalue weighted by molar-refractivity contribution is -0.145. The first-order valence-electron chi connectivity index (χ1n) is 8.44. The Bertz CT molecular complexity index is 564. The van der Waals surface area contributed by atoms with Gasteiger partial charge in [-0.2, -0.15) is 0 Å². The molecule has 2 atom stereocenters. The molecule has 1 aromatic carbocycles. The van der Waals surface area contributed by atoms with Gasteiger partial charge in [0.15, 0.2) is 0 Å². The first-order chi connectivity index (χ1) is 11.6. The van der Waals surface area contributed by atoms with E-state index in [4.69, 9.17) is 16.3 Å². The number of halogens is 1.